The average Bonchev–Trinajstić information content (AvgIpc) is 2.52. The van der Waals surface area contributed by atoms with Crippen molar-refractivity contribution >= 4 is 23.5 Å². The number of aliphatic hydroxyl groups is 2. The summed E-state index contributed by atoms with van der Waals surface area (Å²) in [7, 11) is 0. The Hall–Kier alpha value is -1.57. The molecule has 1 aromatic heterocycles. The minimum Gasteiger partial charge on any atom is -0.444 e. The van der Waals surface area contributed by atoms with Crippen molar-refractivity contribution in [2.75, 3.05) is 37.7 Å². The van der Waals surface area contributed by atoms with Gasteiger partial charge in [0.1, 0.15) is 17.5 Å². The molecule has 0 saturated carbocycles. The van der Waals surface area contributed by atoms with E-state index in [9.17, 15) is 9.90 Å². The molecule has 1 aromatic rings. The molecule has 1 amide bonds. The molecule has 8 heteroatoms. The number of piperazine rings is 1. The van der Waals surface area contributed by atoms with Gasteiger partial charge in [-0.3, -0.25) is 0 Å². The van der Waals surface area contributed by atoms with Crippen LogP contribution < -0.4 is 4.90 Å². The summed E-state index contributed by atoms with van der Waals surface area (Å²) in [6.45, 7) is 7.36. The molecule has 1 saturated heterocycles. The maximum absolute atomic E-state index is 12.1. The molecule has 2 rings (SSSR count). The van der Waals surface area contributed by atoms with Gasteiger partial charge in [-0.1, -0.05) is 11.6 Å². The maximum atomic E-state index is 12.1. The van der Waals surface area contributed by atoms with Gasteiger partial charge in [0.25, 0.3) is 0 Å². The highest BCUT2D eigenvalue weighted by atomic mass is 35.5. The van der Waals surface area contributed by atoms with Crippen molar-refractivity contribution in [1.29, 1.82) is 0 Å². The summed E-state index contributed by atoms with van der Waals surface area (Å²) >= 11 is 6.25. The van der Waals surface area contributed by atoms with E-state index < -0.39 is 11.7 Å². The molecule has 2 N–H and O–H groups in total. The monoisotopic (exact) mass is 357 g/mol. The van der Waals surface area contributed by atoms with E-state index in [1.54, 1.807) is 11.0 Å². The topological polar surface area (TPSA) is 86.1 Å². The first kappa shape index (κ1) is 18.8. The number of rotatable bonds is 3. The standard InChI is InChI=1S/C16H24ClN3O4/c1-16(2,3)24-15(23)20-6-4-19(5-7-20)14-12(17)8-11(9-18-14)13(22)10-21/h8-9,13,21-22H,4-7,10H2,1-3H3/t13-/m1/s1. The Morgan fingerprint density at radius 3 is 2.50 bits per heavy atom. The van der Waals surface area contributed by atoms with Crippen LogP contribution in [0, 0.1) is 0 Å². The van der Waals surface area contributed by atoms with E-state index in [-0.39, 0.29) is 12.7 Å². The molecule has 1 fully saturated rings. The van der Waals surface area contributed by atoms with Crippen molar-refractivity contribution in [3.8, 4) is 0 Å². The number of anilines is 1. The van der Waals surface area contributed by atoms with Crippen LogP contribution in [0.15, 0.2) is 12.3 Å². The second kappa shape index (κ2) is 7.55. The average molecular weight is 358 g/mol. The number of aliphatic hydroxyl groups excluding tert-OH is 2. The molecule has 24 heavy (non-hydrogen) atoms. The van der Waals surface area contributed by atoms with Crippen LogP contribution >= 0.6 is 11.6 Å². The molecule has 7 nitrogen and oxygen atoms in total. The number of ether oxygens (including phenoxy) is 1. The first-order chi connectivity index (χ1) is 11.2. The first-order valence-electron chi connectivity index (χ1n) is 7.88. The number of carbonyl (C=O) groups excluding carboxylic acids is 1. The molecular weight excluding hydrogens is 334 g/mol. The van der Waals surface area contributed by atoms with Gasteiger partial charge >= 0.3 is 6.09 Å². The van der Waals surface area contributed by atoms with E-state index in [0.717, 1.165) is 0 Å². The summed E-state index contributed by atoms with van der Waals surface area (Å²) in [4.78, 5) is 20.0. The van der Waals surface area contributed by atoms with Gasteiger partial charge in [-0.2, -0.15) is 0 Å². The second-order valence-corrected chi connectivity index (χ2v) is 7.13. The summed E-state index contributed by atoms with van der Waals surface area (Å²) in [6, 6.07) is 1.60. The predicted molar refractivity (Wildman–Crippen MR) is 91.3 cm³/mol. The Morgan fingerprint density at radius 1 is 1.38 bits per heavy atom. The smallest absolute Gasteiger partial charge is 0.410 e. The third-order valence-corrected chi connectivity index (χ3v) is 3.91. The van der Waals surface area contributed by atoms with E-state index in [1.165, 1.54) is 6.20 Å². The lowest BCUT2D eigenvalue weighted by Gasteiger charge is -2.36. The van der Waals surface area contributed by atoms with Crippen LogP contribution in [-0.4, -0.2) is 64.6 Å². The SMILES string of the molecule is CC(C)(C)OC(=O)N1CCN(c2ncc([C@H](O)CO)cc2Cl)CC1. The fourth-order valence-electron chi connectivity index (χ4n) is 2.39. The summed E-state index contributed by atoms with van der Waals surface area (Å²) in [6.07, 6.45) is 0.193. The van der Waals surface area contributed by atoms with Gasteiger partial charge in [-0.05, 0) is 26.8 Å². The highest BCUT2D eigenvalue weighted by Gasteiger charge is 2.27. The molecule has 0 bridgehead atoms. The lowest BCUT2D eigenvalue weighted by Crippen LogP contribution is -2.50. The molecule has 134 valence electrons. The Bertz CT molecular complexity index is 583. The molecule has 1 aliphatic rings. The van der Waals surface area contributed by atoms with Gasteiger partial charge < -0.3 is 24.7 Å². The number of aromatic nitrogens is 1. The van der Waals surface area contributed by atoms with Crippen LogP contribution in [0.4, 0.5) is 10.6 Å². The van der Waals surface area contributed by atoms with E-state index in [0.29, 0.717) is 42.6 Å². The Balaban J connectivity index is 1.98. The molecule has 1 aliphatic heterocycles. The fourth-order valence-corrected chi connectivity index (χ4v) is 2.69. The van der Waals surface area contributed by atoms with Crippen LogP contribution in [0.1, 0.15) is 32.4 Å². The number of hydrogen-bond donors (Lipinski definition) is 2. The summed E-state index contributed by atoms with van der Waals surface area (Å²) in [5, 5.41) is 19.0. The molecule has 0 aromatic carbocycles. The van der Waals surface area contributed by atoms with E-state index in [1.807, 2.05) is 25.7 Å². The minimum absolute atomic E-state index is 0.317. The zero-order valence-corrected chi connectivity index (χ0v) is 15.0. The van der Waals surface area contributed by atoms with E-state index >= 15 is 0 Å². The molecule has 1 atom stereocenters. The Labute approximate surface area is 146 Å². The van der Waals surface area contributed by atoms with Gasteiger partial charge in [0.15, 0.2) is 0 Å². The van der Waals surface area contributed by atoms with Gasteiger partial charge in [0.2, 0.25) is 0 Å². The highest BCUT2D eigenvalue weighted by Crippen LogP contribution is 2.27. The second-order valence-electron chi connectivity index (χ2n) is 6.73. The normalized spacial score (nSPS) is 16.9. The molecule has 0 radical (unpaired) electrons. The van der Waals surface area contributed by atoms with Crippen molar-refractivity contribution in [2.24, 2.45) is 0 Å². The number of hydrogen-bond acceptors (Lipinski definition) is 6. The number of pyridine rings is 1. The fraction of sp³-hybridized carbons (Fsp3) is 0.625. The lowest BCUT2D eigenvalue weighted by atomic mass is 10.1. The quantitative estimate of drug-likeness (QED) is 0.858. The number of amides is 1. The largest absolute Gasteiger partial charge is 0.444 e. The van der Waals surface area contributed by atoms with Crippen molar-refractivity contribution in [1.82, 2.24) is 9.88 Å². The number of nitrogens with zero attached hydrogens (tertiary/aromatic N) is 3. The maximum Gasteiger partial charge on any atom is 0.410 e. The van der Waals surface area contributed by atoms with Crippen molar-refractivity contribution in [2.45, 2.75) is 32.5 Å². The van der Waals surface area contributed by atoms with Crippen molar-refractivity contribution in [3.63, 3.8) is 0 Å². The molecule has 0 spiro atoms. The third kappa shape index (κ3) is 4.72. The Morgan fingerprint density at radius 2 is 2.00 bits per heavy atom. The van der Waals surface area contributed by atoms with Gasteiger partial charge in [-0.25, -0.2) is 9.78 Å². The summed E-state index contributed by atoms with van der Waals surface area (Å²) in [5.74, 6) is 0.606. The van der Waals surface area contributed by atoms with E-state index in [2.05, 4.69) is 4.98 Å². The lowest BCUT2D eigenvalue weighted by molar-refractivity contribution is 0.0240. The third-order valence-electron chi connectivity index (χ3n) is 3.63. The van der Waals surface area contributed by atoms with Gasteiger partial charge in [-0.15, -0.1) is 0 Å². The number of carbonyl (C=O) groups is 1. The Kier molecular flexibility index (Phi) is 5.90. The van der Waals surface area contributed by atoms with Crippen LogP contribution in [-0.2, 0) is 4.74 Å². The van der Waals surface area contributed by atoms with Crippen molar-refractivity contribution < 1.29 is 19.7 Å². The molecular formula is C16H24ClN3O4. The molecule has 0 aliphatic carbocycles. The van der Waals surface area contributed by atoms with Crippen LogP contribution in [0.5, 0.6) is 0 Å². The van der Waals surface area contributed by atoms with E-state index in [4.69, 9.17) is 21.4 Å². The van der Waals surface area contributed by atoms with Gasteiger partial charge in [0, 0.05) is 37.9 Å². The van der Waals surface area contributed by atoms with Crippen LogP contribution in [0.2, 0.25) is 5.02 Å². The minimum atomic E-state index is -0.993. The van der Waals surface area contributed by atoms with Crippen molar-refractivity contribution in [3.05, 3.63) is 22.8 Å². The first-order valence-corrected chi connectivity index (χ1v) is 8.26. The molecule has 2 heterocycles. The van der Waals surface area contributed by atoms with Crippen LogP contribution in [0.3, 0.4) is 0 Å². The zero-order valence-electron chi connectivity index (χ0n) is 14.2. The zero-order chi connectivity index (χ0) is 17.9. The highest BCUT2D eigenvalue weighted by molar-refractivity contribution is 6.33. The molecule has 0 unspecified atom stereocenters. The number of halogens is 1. The van der Waals surface area contributed by atoms with Gasteiger partial charge in [0.05, 0.1) is 11.6 Å². The summed E-state index contributed by atoms with van der Waals surface area (Å²) in [5.41, 5.74) is -0.0405. The summed E-state index contributed by atoms with van der Waals surface area (Å²) < 4.78 is 5.37. The predicted octanol–water partition coefficient (Wildman–Crippen LogP) is 1.82. The van der Waals surface area contributed by atoms with Crippen LogP contribution in [0.25, 0.3) is 0 Å².